The first-order valence-electron chi connectivity index (χ1n) is 8.07. The van der Waals surface area contributed by atoms with Crippen molar-refractivity contribution >= 4 is 11.3 Å². The predicted octanol–water partition coefficient (Wildman–Crippen LogP) is 3.99. The largest absolute Gasteiger partial charge is 0.319 e. The lowest BCUT2D eigenvalue weighted by atomic mass is 9.70. The highest BCUT2D eigenvalue weighted by Crippen LogP contribution is 2.39. The van der Waals surface area contributed by atoms with E-state index >= 15 is 0 Å². The van der Waals surface area contributed by atoms with Crippen molar-refractivity contribution in [1.29, 1.82) is 0 Å². The minimum Gasteiger partial charge on any atom is -0.319 e. The third-order valence-electron chi connectivity index (χ3n) is 4.85. The molecule has 1 aliphatic rings. The van der Waals surface area contributed by atoms with Gasteiger partial charge in [-0.2, -0.15) is 0 Å². The number of nitrogens with zero attached hydrogens (tertiary/aromatic N) is 1. The maximum absolute atomic E-state index is 3.46. The van der Waals surface area contributed by atoms with Gasteiger partial charge in [0.15, 0.2) is 0 Å². The second-order valence-electron chi connectivity index (χ2n) is 6.60. The minimum atomic E-state index is 0.495. The van der Waals surface area contributed by atoms with Gasteiger partial charge in [-0.25, -0.2) is 0 Å². The third-order valence-corrected chi connectivity index (χ3v) is 5.71. The summed E-state index contributed by atoms with van der Waals surface area (Å²) in [6, 6.07) is 4.43. The predicted molar refractivity (Wildman–Crippen MR) is 89.3 cm³/mol. The molecule has 1 aliphatic carbocycles. The molecule has 2 nitrogen and oxygen atoms in total. The Labute approximate surface area is 128 Å². The molecule has 1 fully saturated rings. The van der Waals surface area contributed by atoms with Gasteiger partial charge in [-0.3, -0.25) is 4.90 Å². The lowest BCUT2D eigenvalue weighted by Gasteiger charge is -2.42. The molecule has 1 aromatic heterocycles. The van der Waals surface area contributed by atoms with Crippen molar-refractivity contribution in [2.24, 2.45) is 11.3 Å². The molecule has 1 aromatic rings. The van der Waals surface area contributed by atoms with Crippen molar-refractivity contribution in [2.75, 3.05) is 26.7 Å². The van der Waals surface area contributed by atoms with Crippen LogP contribution in [0.4, 0.5) is 0 Å². The Morgan fingerprint density at radius 3 is 2.70 bits per heavy atom. The van der Waals surface area contributed by atoms with E-state index in [2.05, 4.69) is 48.6 Å². The van der Waals surface area contributed by atoms with E-state index in [-0.39, 0.29) is 0 Å². The molecule has 0 radical (unpaired) electrons. The molecule has 2 rings (SSSR count). The lowest BCUT2D eigenvalue weighted by molar-refractivity contribution is 0.0876. The van der Waals surface area contributed by atoms with Gasteiger partial charge in [-0.15, -0.1) is 11.3 Å². The van der Waals surface area contributed by atoms with Crippen LogP contribution in [-0.2, 0) is 6.54 Å². The molecule has 3 heteroatoms. The maximum Gasteiger partial charge on any atom is 0.0328 e. The summed E-state index contributed by atoms with van der Waals surface area (Å²) in [6.45, 7) is 9.39. The molecule has 1 saturated carbocycles. The van der Waals surface area contributed by atoms with E-state index in [1.165, 1.54) is 43.6 Å². The fourth-order valence-corrected chi connectivity index (χ4v) is 4.26. The normalized spacial score (nSPS) is 27.1. The van der Waals surface area contributed by atoms with Crippen LogP contribution in [0, 0.1) is 11.3 Å². The van der Waals surface area contributed by atoms with Crippen molar-refractivity contribution < 1.29 is 0 Å². The number of hydrogen-bond acceptors (Lipinski definition) is 3. The molecule has 1 N–H and O–H groups in total. The van der Waals surface area contributed by atoms with Crippen LogP contribution in [0.1, 0.15) is 44.4 Å². The summed E-state index contributed by atoms with van der Waals surface area (Å²) < 4.78 is 0. The third kappa shape index (κ3) is 4.31. The summed E-state index contributed by atoms with van der Waals surface area (Å²) in [7, 11) is 2.11. The van der Waals surface area contributed by atoms with Gasteiger partial charge in [0.05, 0.1) is 0 Å². The highest BCUT2D eigenvalue weighted by Gasteiger charge is 2.34. The standard InChI is InChI=1S/C17H30N2S/c1-4-19(12-16-6-5-11-20-16)14-17(13-18-3)9-7-15(2)8-10-17/h5-6,11,15,18H,4,7-10,12-14H2,1-3H3. The first-order chi connectivity index (χ1) is 9.67. The molecule has 0 aliphatic heterocycles. The van der Waals surface area contributed by atoms with Crippen molar-refractivity contribution in [3.05, 3.63) is 22.4 Å². The number of thiophene rings is 1. The Morgan fingerprint density at radius 1 is 1.40 bits per heavy atom. The summed E-state index contributed by atoms with van der Waals surface area (Å²) in [4.78, 5) is 4.13. The molecule has 20 heavy (non-hydrogen) atoms. The Bertz CT molecular complexity index is 366. The van der Waals surface area contributed by atoms with Gasteiger partial charge >= 0.3 is 0 Å². The minimum absolute atomic E-state index is 0.495. The molecule has 114 valence electrons. The zero-order valence-electron chi connectivity index (χ0n) is 13.3. The number of rotatable bonds is 7. The van der Waals surface area contributed by atoms with Crippen LogP contribution in [0.25, 0.3) is 0 Å². The Kier molecular flexibility index (Phi) is 6.06. The van der Waals surface area contributed by atoms with Crippen LogP contribution < -0.4 is 5.32 Å². The molecule has 0 unspecified atom stereocenters. The van der Waals surface area contributed by atoms with E-state index < -0.39 is 0 Å². The van der Waals surface area contributed by atoms with Crippen LogP contribution in [0.3, 0.4) is 0 Å². The Hall–Kier alpha value is -0.380. The first-order valence-corrected chi connectivity index (χ1v) is 8.95. The van der Waals surface area contributed by atoms with Crippen molar-refractivity contribution in [3.63, 3.8) is 0 Å². The van der Waals surface area contributed by atoms with Gasteiger partial charge in [0.25, 0.3) is 0 Å². The zero-order chi connectivity index (χ0) is 14.4. The molecule has 0 aromatic carbocycles. The maximum atomic E-state index is 3.46. The van der Waals surface area contributed by atoms with Crippen molar-refractivity contribution in [1.82, 2.24) is 10.2 Å². The van der Waals surface area contributed by atoms with Crippen LogP contribution in [0.5, 0.6) is 0 Å². The second kappa shape index (κ2) is 7.58. The summed E-state index contributed by atoms with van der Waals surface area (Å²) in [5.74, 6) is 0.923. The van der Waals surface area contributed by atoms with Gasteiger partial charge in [0, 0.05) is 24.5 Å². The van der Waals surface area contributed by atoms with Crippen molar-refractivity contribution in [2.45, 2.75) is 46.1 Å². The molecule has 0 bridgehead atoms. The molecule has 0 saturated heterocycles. The number of nitrogens with one attached hydrogen (secondary N) is 1. The molecular weight excluding hydrogens is 264 g/mol. The highest BCUT2D eigenvalue weighted by molar-refractivity contribution is 7.09. The van der Waals surface area contributed by atoms with Crippen LogP contribution in [-0.4, -0.2) is 31.6 Å². The van der Waals surface area contributed by atoms with Gasteiger partial charge in [0.2, 0.25) is 0 Å². The van der Waals surface area contributed by atoms with Gasteiger partial charge in [-0.05, 0) is 49.2 Å². The average Bonchev–Trinajstić information content (AvgIpc) is 2.95. The monoisotopic (exact) mass is 294 g/mol. The fourth-order valence-electron chi connectivity index (χ4n) is 3.52. The van der Waals surface area contributed by atoms with E-state index in [0.29, 0.717) is 5.41 Å². The van der Waals surface area contributed by atoms with E-state index in [1.807, 2.05) is 11.3 Å². The Morgan fingerprint density at radius 2 is 2.15 bits per heavy atom. The van der Waals surface area contributed by atoms with E-state index in [1.54, 1.807) is 0 Å². The molecule has 0 spiro atoms. The van der Waals surface area contributed by atoms with Crippen LogP contribution >= 0.6 is 11.3 Å². The average molecular weight is 295 g/mol. The molecular formula is C17H30N2S. The topological polar surface area (TPSA) is 15.3 Å². The number of hydrogen-bond donors (Lipinski definition) is 1. The molecule has 1 heterocycles. The van der Waals surface area contributed by atoms with Crippen LogP contribution in [0.2, 0.25) is 0 Å². The smallest absolute Gasteiger partial charge is 0.0328 e. The van der Waals surface area contributed by atoms with E-state index in [4.69, 9.17) is 0 Å². The Balaban J connectivity index is 1.98. The summed E-state index contributed by atoms with van der Waals surface area (Å²) >= 11 is 1.88. The summed E-state index contributed by atoms with van der Waals surface area (Å²) in [5, 5.41) is 5.65. The quantitative estimate of drug-likeness (QED) is 0.818. The van der Waals surface area contributed by atoms with Crippen LogP contribution in [0.15, 0.2) is 17.5 Å². The van der Waals surface area contributed by atoms with E-state index in [9.17, 15) is 0 Å². The SMILES string of the molecule is CCN(Cc1cccs1)CC1(CNC)CCC(C)CC1. The zero-order valence-corrected chi connectivity index (χ0v) is 14.1. The highest BCUT2D eigenvalue weighted by atomic mass is 32.1. The lowest BCUT2D eigenvalue weighted by Crippen LogP contribution is -2.45. The van der Waals surface area contributed by atoms with Gasteiger partial charge in [0.1, 0.15) is 0 Å². The van der Waals surface area contributed by atoms with Gasteiger partial charge in [-0.1, -0.05) is 32.8 Å². The summed E-state index contributed by atoms with van der Waals surface area (Å²) in [5.41, 5.74) is 0.495. The first kappa shape index (κ1) is 16.0. The van der Waals surface area contributed by atoms with Crippen molar-refractivity contribution in [3.8, 4) is 0 Å². The van der Waals surface area contributed by atoms with E-state index in [0.717, 1.165) is 19.0 Å². The second-order valence-corrected chi connectivity index (χ2v) is 7.63. The van der Waals surface area contributed by atoms with Gasteiger partial charge < -0.3 is 5.32 Å². The summed E-state index contributed by atoms with van der Waals surface area (Å²) in [6.07, 6.45) is 5.57. The fraction of sp³-hybridized carbons (Fsp3) is 0.765. The molecule has 0 amide bonds. The molecule has 0 atom stereocenters.